The molecule has 2 rings (SSSR count). The number of thiophene rings is 1. The standard InChI is InChI=1S/C14H24N2S/c1-2-7-15-11-13-5-8-16(9-6-13)12-14-4-3-10-17-14/h3-4,10,13,15H,2,5-9,11-12H2,1H3. The third-order valence-corrected chi connectivity index (χ3v) is 4.39. The first-order valence-electron chi connectivity index (χ1n) is 6.84. The lowest BCUT2D eigenvalue weighted by Gasteiger charge is -2.31. The molecule has 0 spiro atoms. The van der Waals surface area contributed by atoms with Crippen LogP contribution in [0.25, 0.3) is 0 Å². The zero-order chi connectivity index (χ0) is 11.9. The molecule has 0 saturated carbocycles. The Bertz CT molecular complexity index is 289. The van der Waals surface area contributed by atoms with Crippen LogP contribution in [0.15, 0.2) is 17.5 Å². The number of hydrogen-bond donors (Lipinski definition) is 1. The van der Waals surface area contributed by atoms with Crippen molar-refractivity contribution in [3.8, 4) is 0 Å². The predicted molar refractivity (Wildman–Crippen MR) is 75.5 cm³/mol. The second-order valence-corrected chi connectivity index (χ2v) is 6.04. The molecule has 0 unspecified atom stereocenters. The molecular formula is C14H24N2S. The number of rotatable bonds is 6. The Morgan fingerprint density at radius 3 is 2.88 bits per heavy atom. The molecule has 0 radical (unpaired) electrons. The van der Waals surface area contributed by atoms with Gasteiger partial charge >= 0.3 is 0 Å². The summed E-state index contributed by atoms with van der Waals surface area (Å²) < 4.78 is 0. The Balaban J connectivity index is 1.64. The van der Waals surface area contributed by atoms with E-state index in [0.29, 0.717) is 0 Å². The lowest BCUT2D eigenvalue weighted by molar-refractivity contribution is 0.177. The largest absolute Gasteiger partial charge is 0.316 e. The van der Waals surface area contributed by atoms with Crippen LogP contribution in [-0.4, -0.2) is 31.1 Å². The van der Waals surface area contributed by atoms with E-state index in [4.69, 9.17) is 0 Å². The maximum atomic E-state index is 3.55. The van der Waals surface area contributed by atoms with Crippen LogP contribution in [-0.2, 0) is 6.54 Å². The third-order valence-electron chi connectivity index (χ3n) is 3.53. The van der Waals surface area contributed by atoms with Crippen LogP contribution in [0.4, 0.5) is 0 Å². The highest BCUT2D eigenvalue weighted by atomic mass is 32.1. The van der Waals surface area contributed by atoms with Gasteiger partial charge in [-0.15, -0.1) is 11.3 Å². The molecule has 0 aromatic carbocycles. The van der Waals surface area contributed by atoms with Gasteiger partial charge in [0.15, 0.2) is 0 Å². The van der Waals surface area contributed by atoms with Gasteiger partial charge in [-0.3, -0.25) is 4.90 Å². The minimum atomic E-state index is 0.904. The van der Waals surface area contributed by atoms with E-state index in [1.807, 2.05) is 11.3 Å². The zero-order valence-electron chi connectivity index (χ0n) is 10.8. The normalized spacial score (nSPS) is 18.6. The second-order valence-electron chi connectivity index (χ2n) is 5.00. The molecule has 1 aliphatic heterocycles. The summed E-state index contributed by atoms with van der Waals surface area (Å²) >= 11 is 1.88. The molecule has 2 heterocycles. The Hall–Kier alpha value is -0.380. The molecule has 0 aliphatic carbocycles. The van der Waals surface area contributed by atoms with E-state index in [9.17, 15) is 0 Å². The van der Waals surface area contributed by atoms with Crippen LogP contribution < -0.4 is 5.32 Å². The van der Waals surface area contributed by atoms with Crippen LogP contribution >= 0.6 is 11.3 Å². The maximum absolute atomic E-state index is 3.55. The first-order valence-corrected chi connectivity index (χ1v) is 7.72. The minimum Gasteiger partial charge on any atom is -0.316 e. The van der Waals surface area contributed by atoms with Crippen molar-refractivity contribution in [2.24, 2.45) is 5.92 Å². The highest BCUT2D eigenvalue weighted by Crippen LogP contribution is 2.20. The van der Waals surface area contributed by atoms with E-state index in [2.05, 4.69) is 34.7 Å². The highest BCUT2D eigenvalue weighted by molar-refractivity contribution is 7.09. The fraction of sp³-hybridized carbons (Fsp3) is 0.714. The summed E-state index contributed by atoms with van der Waals surface area (Å²) in [5, 5.41) is 5.73. The molecule has 17 heavy (non-hydrogen) atoms. The maximum Gasteiger partial charge on any atom is 0.0327 e. The van der Waals surface area contributed by atoms with Crippen molar-refractivity contribution in [1.82, 2.24) is 10.2 Å². The van der Waals surface area contributed by atoms with Crippen molar-refractivity contribution >= 4 is 11.3 Å². The lowest BCUT2D eigenvalue weighted by atomic mass is 9.97. The van der Waals surface area contributed by atoms with Gasteiger partial charge in [-0.05, 0) is 62.8 Å². The third kappa shape index (κ3) is 4.41. The van der Waals surface area contributed by atoms with Crippen LogP contribution in [0.2, 0.25) is 0 Å². The van der Waals surface area contributed by atoms with E-state index in [1.54, 1.807) is 0 Å². The Morgan fingerprint density at radius 2 is 2.24 bits per heavy atom. The number of nitrogens with zero attached hydrogens (tertiary/aromatic N) is 1. The van der Waals surface area contributed by atoms with Crippen LogP contribution in [0.5, 0.6) is 0 Å². The summed E-state index contributed by atoms with van der Waals surface area (Å²) in [5.41, 5.74) is 0. The minimum absolute atomic E-state index is 0.904. The van der Waals surface area contributed by atoms with Crippen molar-refractivity contribution < 1.29 is 0 Å². The molecule has 1 aromatic rings. The molecule has 1 N–H and O–H groups in total. The van der Waals surface area contributed by atoms with Crippen LogP contribution in [0.3, 0.4) is 0 Å². The van der Waals surface area contributed by atoms with E-state index in [-0.39, 0.29) is 0 Å². The molecule has 0 bridgehead atoms. The number of nitrogens with one attached hydrogen (secondary N) is 1. The molecule has 96 valence electrons. The van der Waals surface area contributed by atoms with Gasteiger partial charge in [0, 0.05) is 11.4 Å². The van der Waals surface area contributed by atoms with Gasteiger partial charge in [0.05, 0.1) is 0 Å². The van der Waals surface area contributed by atoms with Gasteiger partial charge < -0.3 is 5.32 Å². The Labute approximate surface area is 109 Å². The van der Waals surface area contributed by atoms with Gasteiger partial charge in [0.25, 0.3) is 0 Å². The molecule has 3 heteroatoms. The van der Waals surface area contributed by atoms with Gasteiger partial charge in [0.1, 0.15) is 0 Å². The Morgan fingerprint density at radius 1 is 1.41 bits per heavy atom. The lowest BCUT2D eigenvalue weighted by Crippen LogP contribution is -2.36. The topological polar surface area (TPSA) is 15.3 Å². The fourth-order valence-electron chi connectivity index (χ4n) is 2.45. The van der Waals surface area contributed by atoms with Crippen LogP contribution in [0, 0.1) is 5.92 Å². The molecule has 0 atom stereocenters. The summed E-state index contributed by atoms with van der Waals surface area (Å²) in [6, 6.07) is 4.40. The molecule has 1 saturated heterocycles. The van der Waals surface area contributed by atoms with E-state index < -0.39 is 0 Å². The number of piperidine rings is 1. The van der Waals surface area contributed by atoms with Crippen molar-refractivity contribution in [2.75, 3.05) is 26.2 Å². The molecule has 0 amide bonds. The zero-order valence-corrected chi connectivity index (χ0v) is 11.6. The van der Waals surface area contributed by atoms with E-state index >= 15 is 0 Å². The quantitative estimate of drug-likeness (QED) is 0.783. The molecule has 1 aromatic heterocycles. The molecule has 2 nitrogen and oxygen atoms in total. The summed E-state index contributed by atoms with van der Waals surface area (Å²) in [6.07, 6.45) is 3.97. The summed E-state index contributed by atoms with van der Waals surface area (Å²) in [6.45, 7) is 8.34. The van der Waals surface area contributed by atoms with Crippen molar-refractivity contribution in [3.05, 3.63) is 22.4 Å². The van der Waals surface area contributed by atoms with Gasteiger partial charge in [-0.2, -0.15) is 0 Å². The molecule has 1 fully saturated rings. The highest BCUT2D eigenvalue weighted by Gasteiger charge is 2.18. The predicted octanol–water partition coefficient (Wildman–Crippen LogP) is 2.96. The van der Waals surface area contributed by atoms with Crippen molar-refractivity contribution in [2.45, 2.75) is 32.7 Å². The summed E-state index contributed by atoms with van der Waals surface area (Å²) in [5.74, 6) is 0.904. The van der Waals surface area contributed by atoms with E-state index in [1.165, 1.54) is 50.3 Å². The Kier molecular flexibility index (Phi) is 5.49. The summed E-state index contributed by atoms with van der Waals surface area (Å²) in [4.78, 5) is 4.11. The fourth-order valence-corrected chi connectivity index (χ4v) is 3.20. The van der Waals surface area contributed by atoms with Crippen molar-refractivity contribution in [1.29, 1.82) is 0 Å². The molecule has 1 aliphatic rings. The van der Waals surface area contributed by atoms with Gasteiger partial charge in [-0.25, -0.2) is 0 Å². The second kappa shape index (κ2) is 7.14. The van der Waals surface area contributed by atoms with Crippen LogP contribution in [0.1, 0.15) is 31.1 Å². The average molecular weight is 252 g/mol. The summed E-state index contributed by atoms with van der Waals surface area (Å²) in [7, 11) is 0. The number of hydrogen-bond acceptors (Lipinski definition) is 3. The van der Waals surface area contributed by atoms with Gasteiger partial charge in [-0.1, -0.05) is 13.0 Å². The smallest absolute Gasteiger partial charge is 0.0327 e. The average Bonchev–Trinajstić information content (AvgIpc) is 2.85. The monoisotopic (exact) mass is 252 g/mol. The SMILES string of the molecule is CCCNCC1CCN(Cc2cccs2)CC1. The first-order chi connectivity index (χ1) is 8.38. The van der Waals surface area contributed by atoms with Gasteiger partial charge in [0.2, 0.25) is 0 Å². The first kappa shape index (κ1) is 13.1. The van der Waals surface area contributed by atoms with E-state index in [0.717, 1.165) is 12.5 Å². The van der Waals surface area contributed by atoms with Crippen molar-refractivity contribution in [3.63, 3.8) is 0 Å². The number of likely N-dealkylation sites (tertiary alicyclic amines) is 1. The molecular weight excluding hydrogens is 228 g/mol.